The summed E-state index contributed by atoms with van der Waals surface area (Å²) in [6.45, 7) is 6.78. The number of rotatable bonds is 2. The van der Waals surface area contributed by atoms with Crippen molar-refractivity contribution in [3.05, 3.63) is 29.8 Å². The van der Waals surface area contributed by atoms with Crippen LogP contribution < -0.4 is 5.73 Å². The molecule has 1 aliphatic rings. The zero-order valence-electron chi connectivity index (χ0n) is 11.8. The van der Waals surface area contributed by atoms with Crippen LogP contribution in [-0.4, -0.2) is 11.3 Å². The van der Waals surface area contributed by atoms with Crippen molar-refractivity contribution in [2.75, 3.05) is 0 Å². The SMILES string of the molecule is CC(C)(C)c1ccc(SC2CCCC(N)C2)cc1. The van der Waals surface area contributed by atoms with E-state index in [0.29, 0.717) is 11.3 Å². The van der Waals surface area contributed by atoms with Crippen LogP contribution in [0.3, 0.4) is 0 Å². The molecule has 0 amide bonds. The van der Waals surface area contributed by atoms with Crippen molar-refractivity contribution >= 4 is 11.8 Å². The highest BCUT2D eigenvalue weighted by atomic mass is 32.2. The summed E-state index contributed by atoms with van der Waals surface area (Å²) in [4.78, 5) is 1.39. The molecule has 0 radical (unpaired) electrons. The number of thioether (sulfide) groups is 1. The topological polar surface area (TPSA) is 26.0 Å². The van der Waals surface area contributed by atoms with Crippen LogP contribution in [0.15, 0.2) is 29.2 Å². The van der Waals surface area contributed by atoms with Crippen LogP contribution >= 0.6 is 11.8 Å². The lowest BCUT2D eigenvalue weighted by atomic mass is 9.87. The smallest absolute Gasteiger partial charge is 0.0109 e. The molecular weight excluding hydrogens is 238 g/mol. The van der Waals surface area contributed by atoms with Crippen molar-refractivity contribution in [2.45, 2.75) is 68.1 Å². The maximum Gasteiger partial charge on any atom is 0.0109 e. The molecule has 100 valence electrons. The van der Waals surface area contributed by atoms with E-state index < -0.39 is 0 Å². The van der Waals surface area contributed by atoms with E-state index in [0.717, 1.165) is 0 Å². The zero-order chi connectivity index (χ0) is 13.2. The van der Waals surface area contributed by atoms with Crippen LogP contribution in [0.5, 0.6) is 0 Å². The molecule has 2 heteroatoms. The molecule has 1 nitrogen and oxygen atoms in total. The second kappa shape index (κ2) is 5.66. The number of benzene rings is 1. The Kier molecular flexibility index (Phi) is 4.39. The fourth-order valence-corrected chi connectivity index (χ4v) is 3.82. The predicted octanol–water partition coefficient (Wildman–Crippen LogP) is 4.35. The fourth-order valence-electron chi connectivity index (χ4n) is 2.51. The molecule has 0 aromatic heterocycles. The Morgan fingerprint density at radius 2 is 1.78 bits per heavy atom. The van der Waals surface area contributed by atoms with Gasteiger partial charge in [-0.15, -0.1) is 11.8 Å². The second-order valence-electron chi connectivity index (χ2n) is 6.44. The van der Waals surface area contributed by atoms with Crippen molar-refractivity contribution in [1.29, 1.82) is 0 Å². The lowest BCUT2D eigenvalue weighted by Crippen LogP contribution is -2.29. The number of nitrogens with two attached hydrogens (primary N) is 1. The molecule has 1 fully saturated rings. The average Bonchev–Trinajstić information content (AvgIpc) is 2.28. The highest BCUT2D eigenvalue weighted by Gasteiger charge is 2.20. The summed E-state index contributed by atoms with van der Waals surface area (Å²) in [5.41, 5.74) is 7.70. The summed E-state index contributed by atoms with van der Waals surface area (Å²) in [5.74, 6) is 0. The van der Waals surface area contributed by atoms with Crippen LogP contribution in [0.2, 0.25) is 0 Å². The Hall–Kier alpha value is -0.470. The zero-order valence-corrected chi connectivity index (χ0v) is 12.6. The van der Waals surface area contributed by atoms with Crippen LogP contribution in [0.4, 0.5) is 0 Å². The third-order valence-electron chi connectivity index (χ3n) is 3.69. The van der Waals surface area contributed by atoms with E-state index in [9.17, 15) is 0 Å². The quantitative estimate of drug-likeness (QED) is 0.858. The van der Waals surface area contributed by atoms with Gasteiger partial charge in [0.2, 0.25) is 0 Å². The van der Waals surface area contributed by atoms with E-state index in [4.69, 9.17) is 5.73 Å². The first-order valence-corrected chi connectivity index (χ1v) is 7.86. The van der Waals surface area contributed by atoms with Gasteiger partial charge in [-0.3, -0.25) is 0 Å². The van der Waals surface area contributed by atoms with Crippen LogP contribution in [0.25, 0.3) is 0 Å². The van der Waals surface area contributed by atoms with E-state index >= 15 is 0 Å². The van der Waals surface area contributed by atoms with Gasteiger partial charge in [0.25, 0.3) is 0 Å². The lowest BCUT2D eigenvalue weighted by Gasteiger charge is -2.26. The first-order chi connectivity index (χ1) is 8.45. The minimum atomic E-state index is 0.246. The molecule has 0 aliphatic heterocycles. The van der Waals surface area contributed by atoms with Gasteiger partial charge in [-0.25, -0.2) is 0 Å². The van der Waals surface area contributed by atoms with Crippen molar-refractivity contribution in [2.24, 2.45) is 5.73 Å². The number of hydrogen-bond acceptors (Lipinski definition) is 2. The van der Waals surface area contributed by atoms with Gasteiger partial charge in [0, 0.05) is 16.2 Å². The molecule has 1 aromatic carbocycles. The summed E-state index contributed by atoms with van der Waals surface area (Å²) in [5, 5.41) is 0.717. The fraction of sp³-hybridized carbons (Fsp3) is 0.625. The van der Waals surface area contributed by atoms with Crippen LogP contribution in [-0.2, 0) is 5.41 Å². The maximum absolute atomic E-state index is 6.05. The summed E-state index contributed by atoms with van der Waals surface area (Å²) in [6, 6.07) is 9.50. The second-order valence-corrected chi connectivity index (χ2v) is 7.81. The molecule has 2 atom stereocenters. The average molecular weight is 263 g/mol. The van der Waals surface area contributed by atoms with Crippen LogP contribution in [0, 0.1) is 0 Å². The molecule has 0 spiro atoms. The van der Waals surface area contributed by atoms with E-state index in [1.807, 2.05) is 11.8 Å². The standard InChI is InChI=1S/C16H25NS/c1-16(2,3)12-7-9-14(10-8-12)18-15-6-4-5-13(17)11-15/h7-10,13,15H,4-6,11,17H2,1-3H3. The highest BCUT2D eigenvalue weighted by molar-refractivity contribution is 8.00. The van der Waals surface area contributed by atoms with Gasteiger partial charge in [-0.05, 0) is 42.4 Å². The monoisotopic (exact) mass is 263 g/mol. The van der Waals surface area contributed by atoms with E-state index in [1.165, 1.54) is 36.1 Å². The minimum Gasteiger partial charge on any atom is -0.328 e. The number of hydrogen-bond donors (Lipinski definition) is 1. The molecular formula is C16H25NS. The maximum atomic E-state index is 6.05. The van der Waals surface area contributed by atoms with Crippen LogP contribution in [0.1, 0.15) is 52.0 Å². The Balaban J connectivity index is 1.98. The molecule has 0 bridgehead atoms. The Morgan fingerprint density at radius 1 is 1.11 bits per heavy atom. The van der Waals surface area contributed by atoms with Crippen molar-refractivity contribution in [1.82, 2.24) is 0 Å². The Bertz CT molecular complexity index is 377. The van der Waals surface area contributed by atoms with Crippen molar-refractivity contribution in [3.8, 4) is 0 Å². The molecule has 1 saturated carbocycles. The summed E-state index contributed by atoms with van der Waals surface area (Å²) < 4.78 is 0. The summed E-state index contributed by atoms with van der Waals surface area (Å²) >= 11 is 2.01. The predicted molar refractivity (Wildman–Crippen MR) is 81.2 cm³/mol. The molecule has 1 aliphatic carbocycles. The molecule has 2 unspecified atom stereocenters. The first kappa shape index (κ1) is 14.0. The van der Waals surface area contributed by atoms with E-state index in [-0.39, 0.29) is 5.41 Å². The molecule has 0 saturated heterocycles. The van der Waals surface area contributed by atoms with Gasteiger partial charge in [-0.1, -0.05) is 39.3 Å². The minimum absolute atomic E-state index is 0.246. The van der Waals surface area contributed by atoms with E-state index in [2.05, 4.69) is 45.0 Å². The van der Waals surface area contributed by atoms with Crippen molar-refractivity contribution < 1.29 is 0 Å². The highest BCUT2D eigenvalue weighted by Crippen LogP contribution is 2.34. The van der Waals surface area contributed by atoms with Gasteiger partial charge in [0.15, 0.2) is 0 Å². The lowest BCUT2D eigenvalue weighted by molar-refractivity contribution is 0.451. The molecule has 2 N–H and O–H groups in total. The third kappa shape index (κ3) is 3.76. The van der Waals surface area contributed by atoms with Gasteiger partial charge in [-0.2, -0.15) is 0 Å². The van der Waals surface area contributed by atoms with Gasteiger partial charge in [0.05, 0.1) is 0 Å². The largest absolute Gasteiger partial charge is 0.328 e. The van der Waals surface area contributed by atoms with Gasteiger partial charge < -0.3 is 5.73 Å². The molecule has 2 rings (SSSR count). The molecule has 18 heavy (non-hydrogen) atoms. The Morgan fingerprint density at radius 3 is 2.33 bits per heavy atom. The van der Waals surface area contributed by atoms with Gasteiger partial charge in [0.1, 0.15) is 0 Å². The van der Waals surface area contributed by atoms with E-state index in [1.54, 1.807) is 0 Å². The van der Waals surface area contributed by atoms with Crippen molar-refractivity contribution in [3.63, 3.8) is 0 Å². The molecule has 0 heterocycles. The first-order valence-electron chi connectivity index (χ1n) is 6.98. The summed E-state index contributed by atoms with van der Waals surface area (Å²) in [6.07, 6.45) is 4.99. The summed E-state index contributed by atoms with van der Waals surface area (Å²) in [7, 11) is 0. The molecule has 1 aromatic rings. The normalized spacial score (nSPS) is 25.1. The third-order valence-corrected chi connectivity index (χ3v) is 5.00. The van der Waals surface area contributed by atoms with Gasteiger partial charge >= 0.3 is 0 Å². The Labute approximate surface area is 116 Å².